The Morgan fingerprint density at radius 3 is 2.50 bits per heavy atom. The molecule has 2 aromatic rings. The fourth-order valence-electron chi connectivity index (χ4n) is 2.83. The Morgan fingerprint density at radius 1 is 1.13 bits per heavy atom. The SMILES string of the molecule is COc1ccc(C(=NCC(=O)OCc2ccccc2)NC(=S)N2CCOCC2)cc1. The lowest BCUT2D eigenvalue weighted by molar-refractivity contribution is -0.143. The number of hydrogen-bond donors (Lipinski definition) is 1. The third-order valence-corrected chi connectivity index (χ3v) is 4.86. The molecule has 0 aliphatic carbocycles. The lowest BCUT2D eigenvalue weighted by atomic mass is 10.2. The van der Waals surface area contributed by atoms with Crippen molar-refractivity contribution in [2.24, 2.45) is 4.99 Å². The normalized spacial score (nSPS) is 14.2. The number of nitrogens with one attached hydrogen (secondary N) is 1. The molecule has 8 heteroatoms. The molecular weight excluding hydrogens is 402 g/mol. The fraction of sp³-hybridized carbons (Fsp3) is 0.318. The maximum atomic E-state index is 12.2. The Balaban J connectivity index is 1.67. The average Bonchev–Trinajstić information content (AvgIpc) is 2.81. The van der Waals surface area contributed by atoms with E-state index in [1.165, 1.54) is 0 Å². The van der Waals surface area contributed by atoms with Crippen molar-refractivity contribution in [2.75, 3.05) is 40.0 Å². The maximum absolute atomic E-state index is 12.2. The number of hydrogen-bond acceptors (Lipinski definition) is 6. The summed E-state index contributed by atoms with van der Waals surface area (Å²) < 4.78 is 15.9. The zero-order valence-corrected chi connectivity index (χ0v) is 17.7. The second kappa shape index (κ2) is 11.3. The van der Waals surface area contributed by atoms with Crippen LogP contribution in [0.15, 0.2) is 59.6 Å². The number of aliphatic imine (C=N–C) groups is 1. The number of carbonyl (C=O) groups is 1. The Bertz CT molecular complexity index is 866. The molecule has 0 amide bonds. The molecule has 1 saturated heterocycles. The highest BCUT2D eigenvalue weighted by Gasteiger charge is 2.16. The first-order valence-corrected chi connectivity index (χ1v) is 10.1. The Morgan fingerprint density at radius 2 is 1.83 bits per heavy atom. The van der Waals surface area contributed by atoms with Crippen LogP contribution in [0.3, 0.4) is 0 Å². The summed E-state index contributed by atoms with van der Waals surface area (Å²) in [5.41, 5.74) is 1.72. The number of morpholine rings is 1. The van der Waals surface area contributed by atoms with Crippen LogP contribution >= 0.6 is 12.2 Å². The van der Waals surface area contributed by atoms with Gasteiger partial charge in [0.2, 0.25) is 0 Å². The predicted molar refractivity (Wildman–Crippen MR) is 119 cm³/mol. The van der Waals surface area contributed by atoms with E-state index in [1.807, 2.05) is 59.5 Å². The van der Waals surface area contributed by atoms with Gasteiger partial charge in [0.05, 0.1) is 20.3 Å². The first-order chi connectivity index (χ1) is 14.7. The van der Waals surface area contributed by atoms with Gasteiger partial charge < -0.3 is 24.4 Å². The molecule has 1 N–H and O–H groups in total. The highest BCUT2D eigenvalue weighted by Crippen LogP contribution is 2.12. The summed E-state index contributed by atoms with van der Waals surface area (Å²) in [7, 11) is 1.61. The van der Waals surface area contributed by atoms with Gasteiger partial charge in [-0.25, -0.2) is 0 Å². The molecule has 0 spiro atoms. The zero-order chi connectivity index (χ0) is 21.2. The van der Waals surface area contributed by atoms with Gasteiger partial charge in [0.1, 0.15) is 24.7 Å². The molecule has 7 nitrogen and oxygen atoms in total. The summed E-state index contributed by atoms with van der Waals surface area (Å²) in [5, 5.41) is 3.72. The minimum Gasteiger partial charge on any atom is -0.497 e. The summed E-state index contributed by atoms with van der Waals surface area (Å²) in [4.78, 5) is 18.7. The second-order valence-electron chi connectivity index (χ2n) is 6.57. The first kappa shape index (κ1) is 21.7. The van der Waals surface area contributed by atoms with E-state index in [9.17, 15) is 4.79 Å². The van der Waals surface area contributed by atoms with Gasteiger partial charge in [-0.1, -0.05) is 30.3 Å². The topological polar surface area (TPSA) is 72.4 Å². The van der Waals surface area contributed by atoms with E-state index in [2.05, 4.69) is 10.3 Å². The van der Waals surface area contributed by atoms with Gasteiger partial charge in [-0.15, -0.1) is 0 Å². The number of nitrogens with zero attached hydrogens (tertiary/aromatic N) is 2. The van der Waals surface area contributed by atoms with Crippen molar-refractivity contribution in [1.29, 1.82) is 0 Å². The van der Waals surface area contributed by atoms with Gasteiger partial charge in [-0.05, 0) is 42.0 Å². The monoisotopic (exact) mass is 427 g/mol. The predicted octanol–water partition coefficient (Wildman–Crippen LogP) is 2.39. The van der Waals surface area contributed by atoms with E-state index < -0.39 is 5.97 Å². The molecular formula is C22H25N3O4S. The van der Waals surface area contributed by atoms with Gasteiger partial charge in [-0.2, -0.15) is 0 Å². The van der Waals surface area contributed by atoms with Gasteiger partial charge >= 0.3 is 5.97 Å². The number of amidine groups is 1. The van der Waals surface area contributed by atoms with E-state index in [-0.39, 0.29) is 13.2 Å². The van der Waals surface area contributed by atoms with Crippen LogP contribution in [0.1, 0.15) is 11.1 Å². The molecule has 3 rings (SSSR count). The maximum Gasteiger partial charge on any atom is 0.328 e. The Labute approximate surface area is 181 Å². The van der Waals surface area contributed by atoms with Crippen LogP contribution < -0.4 is 10.1 Å². The van der Waals surface area contributed by atoms with Crippen LogP contribution in [0.25, 0.3) is 0 Å². The lowest BCUT2D eigenvalue weighted by Crippen LogP contribution is -2.48. The molecule has 2 aromatic carbocycles. The van der Waals surface area contributed by atoms with Gasteiger partial charge in [-0.3, -0.25) is 9.79 Å². The van der Waals surface area contributed by atoms with E-state index in [0.29, 0.717) is 37.3 Å². The molecule has 30 heavy (non-hydrogen) atoms. The molecule has 0 atom stereocenters. The average molecular weight is 428 g/mol. The van der Waals surface area contributed by atoms with Crippen LogP contribution in [0, 0.1) is 0 Å². The van der Waals surface area contributed by atoms with E-state index >= 15 is 0 Å². The summed E-state index contributed by atoms with van der Waals surface area (Å²) in [6.45, 7) is 2.77. The first-order valence-electron chi connectivity index (χ1n) is 9.68. The van der Waals surface area contributed by atoms with Crippen molar-refractivity contribution < 1.29 is 19.0 Å². The number of carbonyl (C=O) groups excluding carboxylic acids is 1. The van der Waals surface area contributed by atoms with Crippen LogP contribution in [-0.2, 0) is 20.9 Å². The standard InChI is InChI=1S/C22H25N3O4S/c1-27-19-9-7-18(8-10-19)21(24-22(30)25-11-13-28-14-12-25)23-15-20(26)29-16-17-5-3-2-4-6-17/h2-10H,11-16H2,1H3,(H,23,24,30). The van der Waals surface area contributed by atoms with Crippen molar-refractivity contribution in [3.05, 3.63) is 65.7 Å². The van der Waals surface area contributed by atoms with Gasteiger partial charge in [0.25, 0.3) is 0 Å². The molecule has 0 unspecified atom stereocenters. The van der Waals surface area contributed by atoms with Crippen molar-refractivity contribution in [2.45, 2.75) is 6.61 Å². The van der Waals surface area contributed by atoms with E-state index in [1.54, 1.807) is 7.11 Å². The summed E-state index contributed by atoms with van der Waals surface area (Å²) >= 11 is 5.53. The minimum absolute atomic E-state index is 0.118. The summed E-state index contributed by atoms with van der Waals surface area (Å²) in [6.07, 6.45) is 0. The number of methoxy groups -OCH3 is 1. The molecule has 1 fully saturated rings. The smallest absolute Gasteiger partial charge is 0.328 e. The van der Waals surface area contributed by atoms with Crippen LogP contribution in [-0.4, -0.2) is 61.8 Å². The quantitative estimate of drug-likeness (QED) is 0.328. The molecule has 1 heterocycles. The second-order valence-corrected chi connectivity index (χ2v) is 6.96. The molecule has 0 bridgehead atoms. The Kier molecular flexibility index (Phi) is 8.17. The number of rotatable bonds is 6. The summed E-state index contributed by atoms with van der Waals surface area (Å²) in [5.74, 6) is 0.825. The third kappa shape index (κ3) is 6.53. The number of esters is 1. The molecule has 0 radical (unpaired) electrons. The largest absolute Gasteiger partial charge is 0.497 e. The van der Waals surface area contributed by atoms with Gasteiger partial charge in [0, 0.05) is 18.7 Å². The summed E-state index contributed by atoms with van der Waals surface area (Å²) in [6, 6.07) is 16.9. The van der Waals surface area contributed by atoms with Crippen molar-refractivity contribution in [3.8, 4) is 5.75 Å². The van der Waals surface area contributed by atoms with E-state index in [0.717, 1.165) is 16.9 Å². The van der Waals surface area contributed by atoms with Crippen LogP contribution in [0.2, 0.25) is 0 Å². The highest BCUT2D eigenvalue weighted by atomic mass is 32.1. The number of benzene rings is 2. The number of thiocarbonyl (C=S) groups is 1. The molecule has 158 valence electrons. The third-order valence-electron chi connectivity index (χ3n) is 4.50. The van der Waals surface area contributed by atoms with Gasteiger partial charge in [0.15, 0.2) is 5.11 Å². The Hall–Kier alpha value is -2.97. The fourth-order valence-corrected chi connectivity index (χ4v) is 3.11. The van der Waals surface area contributed by atoms with Crippen LogP contribution in [0.4, 0.5) is 0 Å². The zero-order valence-electron chi connectivity index (χ0n) is 16.9. The van der Waals surface area contributed by atoms with Crippen molar-refractivity contribution >= 4 is 29.1 Å². The number of ether oxygens (including phenoxy) is 3. The lowest BCUT2D eigenvalue weighted by Gasteiger charge is -2.29. The van der Waals surface area contributed by atoms with Crippen molar-refractivity contribution in [3.63, 3.8) is 0 Å². The molecule has 0 saturated carbocycles. The molecule has 0 aromatic heterocycles. The highest BCUT2D eigenvalue weighted by molar-refractivity contribution is 7.80. The molecule has 1 aliphatic heterocycles. The van der Waals surface area contributed by atoms with Crippen molar-refractivity contribution in [1.82, 2.24) is 10.2 Å². The molecule has 1 aliphatic rings. The minimum atomic E-state index is -0.413. The van der Waals surface area contributed by atoms with Crippen LogP contribution in [0.5, 0.6) is 5.75 Å². The van der Waals surface area contributed by atoms with E-state index in [4.69, 9.17) is 26.4 Å².